The fourth-order valence-electron chi connectivity index (χ4n) is 3.04. The summed E-state index contributed by atoms with van der Waals surface area (Å²) in [5.74, 6) is 0.658. The van der Waals surface area contributed by atoms with Gasteiger partial charge in [-0.1, -0.05) is 19.4 Å². The maximum Gasteiger partial charge on any atom is 0.212 e. The number of aromatic nitrogens is 1. The number of hydrogen-bond acceptors (Lipinski definition) is 4. The zero-order chi connectivity index (χ0) is 13.7. The van der Waals surface area contributed by atoms with Crippen molar-refractivity contribution in [3.63, 3.8) is 0 Å². The van der Waals surface area contributed by atoms with E-state index in [1.807, 2.05) is 12.3 Å². The Kier molecular flexibility index (Phi) is 5.16. The highest BCUT2D eigenvalue weighted by molar-refractivity contribution is 5.21. The number of methoxy groups -OCH3 is 1. The fourth-order valence-corrected chi connectivity index (χ4v) is 3.04. The summed E-state index contributed by atoms with van der Waals surface area (Å²) in [7, 11) is 1.64. The fraction of sp³-hybridized carbons (Fsp3) is 0.667. The molecule has 2 atom stereocenters. The lowest BCUT2D eigenvalue weighted by molar-refractivity contribution is 0.0947. The van der Waals surface area contributed by atoms with Crippen molar-refractivity contribution in [2.45, 2.75) is 44.7 Å². The number of pyridine rings is 1. The molecule has 0 aromatic carbocycles. The minimum Gasteiger partial charge on any atom is -0.481 e. The second-order valence-electron chi connectivity index (χ2n) is 5.18. The van der Waals surface area contributed by atoms with Crippen molar-refractivity contribution in [2.24, 2.45) is 5.73 Å². The molecule has 4 nitrogen and oxygen atoms in total. The third kappa shape index (κ3) is 3.25. The summed E-state index contributed by atoms with van der Waals surface area (Å²) in [6.45, 7) is 4.06. The minimum atomic E-state index is 0.281. The molecule has 0 spiro atoms. The van der Waals surface area contributed by atoms with Gasteiger partial charge in [-0.3, -0.25) is 4.90 Å². The predicted octanol–water partition coefficient (Wildman–Crippen LogP) is 2.35. The second kappa shape index (κ2) is 6.87. The van der Waals surface area contributed by atoms with Crippen LogP contribution < -0.4 is 10.5 Å². The summed E-state index contributed by atoms with van der Waals surface area (Å²) in [6.07, 6.45) is 7.00. The van der Waals surface area contributed by atoms with Gasteiger partial charge in [0.15, 0.2) is 0 Å². The third-order valence-electron chi connectivity index (χ3n) is 4.12. The van der Waals surface area contributed by atoms with Gasteiger partial charge in [0.1, 0.15) is 0 Å². The maximum absolute atomic E-state index is 6.02. The number of piperidine rings is 1. The second-order valence-corrected chi connectivity index (χ2v) is 5.18. The van der Waals surface area contributed by atoms with Gasteiger partial charge in [0.2, 0.25) is 5.88 Å². The lowest BCUT2D eigenvalue weighted by Crippen LogP contribution is -2.44. The lowest BCUT2D eigenvalue weighted by atomic mass is 9.95. The summed E-state index contributed by atoms with van der Waals surface area (Å²) in [5.41, 5.74) is 7.22. The molecule has 1 aromatic rings. The molecule has 1 aromatic heterocycles. The van der Waals surface area contributed by atoms with Crippen LogP contribution in [0.15, 0.2) is 18.3 Å². The van der Waals surface area contributed by atoms with Crippen LogP contribution in [0.2, 0.25) is 0 Å². The van der Waals surface area contributed by atoms with E-state index in [2.05, 4.69) is 22.9 Å². The number of nitrogens with two attached hydrogens (primary N) is 1. The average Bonchev–Trinajstić information content (AvgIpc) is 2.49. The first kappa shape index (κ1) is 14.3. The molecule has 0 radical (unpaired) electrons. The molecule has 2 N–H and O–H groups in total. The molecule has 1 saturated heterocycles. The zero-order valence-electron chi connectivity index (χ0n) is 12.0. The Morgan fingerprint density at radius 3 is 2.89 bits per heavy atom. The molecule has 106 valence electrons. The van der Waals surface area contributed by atoms with Crippen LogP contribution in [-0.4, -0.2) is 36.1 Å². The van der Waals surface area contributed by atoms with Gasteiger partial charge in [-0.25, -0.2) is 4.98 Å². The average molecular weight is 263 g/mol. The molecule has 4 heteroatoms. The first-order valence-corrected chi connectivity index (χ1v) is 7.25. The van der Waals surface area contributed by atoms with Crippen molar-refractivity contribution < 1.29 is 4.74 Å². The van der Waals surface area contributed by atoms with E-state index in [-0.39, 0.29) is 6.04 Å². The van der Waals surface area contributed by atoms with Crippen LogP contribution in [0.5, 0.6) is 5.88 Å². The number of likely N-dealkylation sites (tertiary alicyclic amines) is 1. The van der Waals surface area contributed by atoms with Crippen LogP contribution in [0.25, 0.3) is 0 Å². The van der Waals surface area contributed by atoms with E-state index in [9.17, 15) is 0 Å². The number of nitrogens with zero attached hydrogens (tertiary/aromatic N) is 2. The predicted molar refractivity (Wildman–Crippen MR) is 77.2 cm³/mol. The highest BCUT2D eigenvalue weighted by Gasteiger charge is 2.28. The van der Waals surface area contributed by atoms with E-state index >= 15 is 0 Å². The van der Waals surface area contributed by atoms with Crippen molar-refractivity contribution in [1.82, 2.24) is 9.88 Å². The molecule has 0 saturated carbocycles. The van der Waals surface area contributed by atoms with Crippen molar-refractivity contribution in [1.29, 1.82) is 0 Å². The van der Waals surface area contributed by atoms with E-state index < -0.39 is 0 Å². The molecular formula is C15H25N3O. The lowest BCUT2D eigenvalue weighted by Gasteiger charge is -2.40. The monoisotopic (exact) mass is 263 g/mol. The summed E-state index contributed by atoms with van der Waals surface area (Å²) in [5, 5.41) is 0. The molecule has 0 aliphatic carbocycles. The van der Waals surface area contributed by atoms with E-state index in [0.29, 0.717) is 18.5 Å². The Labute approximate surface area is 116 Å². The van der Waals surface area contributed by atoms with E-state index in [1.54, 1.807) is 7.11 Å². The van der Waals surface area contributed by atoms with E-state index in [0.717, 1.165) is 6.54 Å². The molecule has 2 rings (SSSR count). The molecule has 2 unspecified atom stereocenters. The standard InChI is InChI=1S/C15H25N3O/c1-3-13-6-4-5-9-18(13)14(10-16)12-7-8-15(19-2)17-11-12/h7-8,11,13-14H,3-6,9-10,16H2,1-2H3. The molecule has 0 bridgehead atoms. The van der Waals surface area contributed by atoms with E-state index in [1.165, 1.54) is 31.2 Å². The quantitative estimate of drug-likeness (QED) is 0.886. The van der Waals surface area contributed by atoms with Gasteiger partial charge in [0, 0.05) is 30.9 Å². The number of ether oxygens (including phenoxy) is 1. The summed E-state index contributed by atoms with van der Waals surface area (Å²) in [4.78, 5) is 6.87. The molecule has 2 heterocycles. The van der Waals surface area contributed by atoms with Crippen LogP contribution in [0.4, 0.5) is 0 Å². The Hall–Kier alpha value is -1.13. The van der Waals surface area contributed by atoms with Crippen molar-refractivity contribution >= 4 is 0 Å². The molecule has 1 aliphatic rings. The minimum absolute atomic E-state index is 0.281. The van der Waals surface area contributed by atoms with Crippen LogP contribution >= 0.6 is 0 Å². The summed E-state index contributed by atoms with van der Waals surface area (Å²) >= 11 is 0. The van der Waals surface area contributed by atoms with E-state index in [4.69, 9.17) is 10.5 Å². The Bertz CT molecular complexity index is 379. The van der Waals surface area contributed by atoms with Gasteiger partial charge in [0.25, 0.3) is 0 Å². The van der Waals surface area contributed by atoms with Crippen LogP contribution in [0.3, 0.4) is 0 Å². The molecular weight excluding hydrogens is 238 g/mol. The highest BCUT2D eigenvalue weighted by Crippen LogP contribution is 2.29. The van der Waals surface area contributed by atoms with Gasteiger partial charge < -0.3 is 10.5 Å². The van der Waals surface area contributed by atoms with Gasteiger partial charge >= 0.3 is 0 Å². The Morgan fingerprint density at radius 1 is 1.47 bits per heavy atom. The van der Waals surface area contributed by atoms with Crippen LogP contribution in [0, 0.1) is 0 Å². The third-order valence-corrected chi connectivity index (χ3v) is 4.12. The topological polar surface area (TPSA) is 51.4 Å². The summed E-state index contributed by atoms with van der Waals surface area (Å²) < 4.78 is 5.11. The van der Waals surface area contributed by atoms with Gasteiger partial charge in [0.05, 0.1) is 7.11 Å². The van der Waals surface area contributed by atoms with Crippen LogP contribution in [0.1, 0.15) is 44.2 Å². The molecule has 0 amide bonds. The Balaban J connectivity index is 2.17. The van der Waals surface area contributed by atoms with Gasteiger partial charge in [-0.15, -0.1) is 0 Å². The maximum atomic E-state index is 6.02. The first-order chi connectivity index (χ1) is 9.30. The summed E-state index contributed by atoms with van der Waals surface area (Å²) in [6, 6.07) is 4.95. The highest BCUT2D eigenvalue weighted by atomic mass is 16.5. The Morgan fingerprint density at radius 2 is 2.32 bits per heavy atom. The molecule has 19 heavy (non-hydrogen) atoms. The first-order valence-electron chi connectivity index (χ1n) is 7.25. The molecule has 1 fully saturated rings. The van der Waals surface area contributed by atoms with Crippen LogP contribution in [-0.2, 0) is 0 Å². The van der Waals surface area contributed by atoms with Gasteiger partial charge in [-0.05, 0) is 31.4 Å². The SMILES string of the molecule is CCC1CCCCN1C(CN)c1ccc(OC)nc1. The zero-order valence-corrected chi connectivity index (χ0v) is 12.0. The van der Waals surface area contributed by atoms with Crippen molar-refractivity contribution in [3.05, 3.63) is 23.9 Å². The number of hydrogen-bond donors (Lipinski definition) is 1. The van der Waals surface area contributed by atoms with Crippen molar-refractivity contribution in [3.8, 4) is 5.88 Å². The number of rotatable bonds is 5. The smallest absolute Gasteiger partial charge is 0.212 e. The van der Waals surface area contributed by atoms with Crippen molar-refractivity contribution in [2.75, 3.05) is 20.2 Å². The normalized spacial score (nSPS) is 22.2. The van der Waals surface area contributed by atoms with Gasteiger partial charge in [-0.2, -0.15) is 0 Å². The molecule has 1 aliphatic heterocycles. The largest absolute Gasteiger partial charge is 0.481 e.